The van der Waals surface area contributed by atoms with Crippen LogP contribution in [0.4, 0.5) is 0 Å². The Kier molecular flexibility index (Phi) is 10.9. The van der Waals surface area contributed by atoms with Gasteiger partial charge in [-0.1, -0.05) is 41.9 Å². The van der Waals surface area contributed by atoms with E-state index in [2.05, 4.69) is 21.3 Å². The predicted molar refractivity (Wildman–Crippen MR) is 126 cm³/mol. The van der Waals surface area contributed by atoms with Crippen molar-refractivity contribution in [3.63, 3.8) is 0 Å². The second kappa shape index (κ2) is 13.6. The number of carbonyl (C=O) groups excluding carboxylic acids is 2. The third-order valence-corrected chi connectivity index (χ3v) is 5.33. The van der Waals surface area contributed by atoms with Gasteiger partial charge in [-0.2, -0.15) is 0 Å². The number of carbonyl (C=O) groups is 2. The Balaban J connectivity index is 2.06. The largest absolute Gasteiger partial charge is 0.482 e. The molecule has 0 aromatic heterocycles. The van der Waals surface area contributed by atoms with E-state index in [1.165, 1.54) is 20.3 Å². The van der Waals surface area contributed by atoms with Crippen LogP contribution in [0.15, 0.2) is 60.7 Å². The Morgan fingerprint density at radius 3 is 2.48 bits per heavy atom. The molecule has 0 heterocycles. The summed E-state index contributed by atoms with van der Waals surface area (Å²) < 4.78 is 14.6. The van der Waals surface area contributed by atoms with Gasteiger partial charge in [-0.3, -0.25) is 4.90 Å². The fourth-order valence-electron chi connectivity index (χ4n) is 3.22. The SMILES string of the molecule is COC(=O)C=CCN(CC(O)c1cccc(Cl)c1)C(C)Cc1ccc(OCC(=O)OC)cc1. The third kappa shape index (κ3) is 9.26. The minimum absolute atomic E-state index is 0.0444. The number of methoxy groups -OCH3 is 2. The molecule has 0 radical (unpaired) electrons. The second-order valence-electron chi connectivity index (χ2n) is 7.51. The molecule has 7 nitrogen and oxygen atoms in total. The lowest BCUT2D eigenvalue weighted by atomic mass is 10.0. The van der Waals surface area contributed by atoms with Crippen LogP contribution < -0.4 is 4.74 Å². The van der Waals surface area contributed by atoms with E-state index in [1.54, 1.807) is 36.4 Å². The molecule has 2 unspecified atom stereocenters. The van der Waals surface area contributed by atoms with E-state index in [4.69, 9.17) is 16.3 Å². The number of halogens is 1. The summed E-state index contributed by atoms with van der Waals surface area (Å²) in [5.74, 6) is -0.298. The van der Waals surface area contributed by atoms with Crippen LogP contribution in [0.2, 0.25) is 5.02 Å². The van der Waals surface area contributed by atoms with Gasteiger partial charge >= 0.3 is 11.9 Å². The van der Waals surface area contributed by atoms with Crippen molar-refractivity contribution in [2.24, 2.45) is 0 Å². The van der Waals surface area contributed by atoms with Crippen molar-refractivity contribution in [1.29, 1.82) is 0 Å². The Hall–Kier alpha value is -2.87. The Morgan fingerprint density at radius 2 is 1.85 bits per heavy atom. The lowest BCUT2D eigenvalue weighted by Gasteiger charge is -2.30. The van der Waals surface area contributed by atoms with Crippen LogP contribution in [0, 0.1) is 0 Å². The van der Waals surface area contributed by atoms with E-state index in [9.17, 15) is 14.7 Å². The molecule has 2 atom stereocenters. The molecule has 0 aliphatic carbocycles. The zero-order chi connectivity index (χ0) is 24.2. The van der Waals surface area contributed by atoms with Crippen LogP contribution in [0.3, 0.4) is 0 Å². The Labute approximate surface area is 199 Å². The molecule has 0 aliphatic heterocycles. The first-order chi connectivity index (χ1) is 15.8. The van der Waals surface area contributed by atoms with Gasteiger partial charge in [0.1, 0.15) is 5.75 Å². The summed E-state index contributed by atoms with van der Waals surface area (Å²) >= 11 is 6.07. The van der Waals surface area contributed by atoms with Gasteiger partial charge in [0.25, 0.3) is 0 Å². The first-order valence-corrected chi connectivity index (χ1v) is 10.9. The molecule has 0 saturated heterocycles. The molecule has 0 saturated carbocycles. The van der Waals surface area contributed by atoms with E-state index in [0.717, 1.165) is 11.1 Å². The third-order valence-electron chi connectivity index (χ3n) is 5.10. The van der Waals surface area contributed by atoms with Gasteiger partial charge in [0.15, 0.2) is 6.61 Å². The van der Waals surface area contributed by atoms with Crippen molar-refractivity contribution in [3.05, 3.63) is 76.8 Å². The zero-order valence-corrected chi connectivity index (χ0v) is 19.8. The van der Waals surface area contributed by atoms with E-state index in [-0.39, 0.29) is 12.6 Å². The number of rotatable bonds is 12. The quantitative estimate of drug-likeness (QED) is 0.371. The van der Waals surface area contributed by atoms with Gasteiger partial charge in [-0.25, -0.2) is 9.59 Å². The van der Waals surface area contributed by atoms with E-state index < -0.39 is 18.0 Å². The first-order valence-electron chi connectivity index (χ1n) is 10.5. The molecule has 2 aromatic carbocycles. The molecule has 0 aliphatic rings. The molecule has 178 valence electrons. The fraction of sp³-hybridized carbons (Fsp3) is 0.360. The maximum Gasteiger partial charge on any atom is 0.343 e. The number of esters is 2. The lowest BCUT2D eigenvalue weighted by molar-refractivity contribution is -0.143. The van der Waals surface area contributed by atoms with Crippen LogP contribution in [0.25, 0.3) is 0 Å². The topological polar surface area (TPSA) is 85.3 Å². The number of nitrogens with zero attached hydrogens (tertiary/aromatic N) is 1. The number of ether oxygens (including phenoxy) is 3. The summed E-state index contributed by atoms with van der Waals surface area (Å²) in [5, 5.41) is 11.3. The summed E-state index contributed by atoms with van der Waals surface area (Å²) in [6.07, 6.45) is 3.05. The van der Waals surface area contributed by atoms with Gasteiger partial charge in [0, 0.05) is 30.2 Å². The van der Waals surface area contributed by atoms with Crippen molar-refractivity contribution in [2.75, 3.05) is 33.9 Å². The molecule has 2 rings (SSSR count). The molecule has 33 heavy (non-hydrogen) atoms. The molecule has 0 amide bonds. The number of hydrogen-bond acceptors (Lipinski definition) is 7. The maximum absolute atomic E-state index is 11.4. The summed E-state index contributed by atoms with van der Waals surface area (Å²) in [5.41, 5.74) is 1.79. The summed E-state index contributed by atoms with van der Waals surface area (Å²) in [7, 11) is 2.64. The standard InChI is InChI=1S/C25H30ClNO6/c1-18(14-19-9-11-22(12-10-19)33-17-25(30)32-3)27(13-5-8-24(29)31-2)16-23(28)20-6-4-7-21(26)15-20/h4-12,15,18,23,28H,13-14,16-17H2,1-3H3. The molecule has 2 aromatic rings. The highest BCUT2D eigenvalue weighted by molar-refractivity contribution is 6.30. The van der Waals surface area contributed by atoms with Crippen LogP contribution in [-0.2, 0) is 25.5 Å². The smallest absolute Gasteiger partial charge is 0.343 e. The van der Waals surface area contributed by atoms with E-state index in [0.29, 0.717) is 30.3 Å². The molecule has 8 heteroatoms. The summed E-state index contributed by atoms with van der Waals surface area (Å²) in [6, 6.07) is 14.6. The van der Waals surface area contributed by atoms with Crippen LogP contribution in [-0.4, -0.2) is 61.9 Å². The van der Waals surface area contributed by atoms with E-state index >= 15 is 0 Å². The summed E-state index contributed by atoms with van der Waals surface area (Å²) in [4.78, 5) is 24.7. The minimum atomic E-state index is -0.744. The Bertz CT molecular complexity index is 931. The van der Waals surface area contributed by atoms with Crippen molar-refractivity contribution < 1.29 is 28.9 Å². The highest BCUT2D eigenvalue weighted by Crippen LogP contribution is 2.21. The lowest BCUT2D eigenvalue weighted by Crippen LogP contribution is -2.38. The molecular formula is C25H30ClNO6. The monoisotopic (exact) mass is 475 g/mol. The van der Waals surface area contributed by atoms with Gasteiger partial charge in [-0.05, 0) is 48.7 Å². The van der Waals surface area contributed by atoms with Crippen LogP contribution in [0.5, 0.6) is 5.75 Å². The van der Waals surface area contributed by atoms with Crippen molar-refractivity contribution in [2.45, 2.75) is 25.5 Å². The van der Waals surface area contributed by atoms with Gasteiger partial charge in [-0.15, -0.1) is 0 Å². The second-order valence-corrected chi connectivity index (χ2v) is 7.95. The Morgan fingerprint density at radius 1 is 1.12 bits per heavy atom. The zero-order valence-electron chi connectivity index (χ0n) is 19.1. The van der Waals surface area contributed by atoms with Gasteiger partial charge in [0.05, 0.1) is 20.3 Å². The van der Waals surface area contributed by atoms with Crippen LogP contribution >= 0.6 is 11.6 Å². The number of aliphatic hydroxyl groups is 1. The van der Waals surface area contributed by atoms with Crippen molar-refractivity contribution >= 4 is 23.5 Å². The molecule has 0 bridgehead atoms. The number of aliphatic hydroxyl groups excluding tert-OH is 1. The fourth-order valence-corrected chi connectivity index (χ4v) is 3.42. The average Bonchev–Trinajstić information content (AvgIpc) is 2.82. The highest BCUT2D eigenvalue weighted by Gasteiger charge is 2.19. The maximum atomic E-state index is 11.4. The molecule has 1 N–H and O–H groups in total. The minimum Gasteiger partial charge on any atom is -0.482 e. The number of hydrogen-bond donors (Lipinski definition) is 1. The summed E-state index contributed by atoms with van der Waals surface area (Å²) in [6.45, 7) is 2.72. The van der Waals surface area contributed by atoms with Crippen LogP contribution in [0.1, 0.15) is 24.2 Å². The first kappa shape index (κ1) is 26.4. The van der Waals surface area contributed by atoms with Gasteiger partial charge in [0.2, 0.25) is 0 Å². The van der Waals surface area contributed by atoms with Gasteiger partial charge < -0.3 is 19.3 Å². The highest BCUT2D eigenvalue weighted by atomic mass is 35.5. The molecular weight excluding hydrogens is 446 g/mol. The van der Waals surface area contributed by atoms with Crippen molar-refractivity contribution in [3.8, 4) is 5.75 Å². The molecule has 0 spiro atoms. The number of benzene rings is 2. The predicted octanol–water partition coefficient (Wildman–Crippen LogP) is 3.59. The van der Waals surface area contributed by atoms with E-state index in [1.807, 2.05) is 18.2 Å². The normalized spacial score (nSPS) is 13.0. The van der Waals surface area contributed by atoms with Crippen molar-refractivity contribution in [1.82, 2.24) is 4.90 Å². The average molecular weight is 476 g/mol. The molecule has 0 fully saturated rings.